The monoisotopic (exact) mass is 463 g/mol. The molecule has 34 heavy (non-hydrogen) atoms. The van der Waals surface area contributed by atoms with Crippen molar-refractivity contribution in [1.29, 1.82) is 0 Å². The fourth-order valence-electron chi connectivity index (χ4n) is 3.03. The van der Waals surface area contributed by atoms with E-state index in [-0.39, 0.29) is 18.4 Å². The van der Waals surface area contributed by atoms with Gasteiger partial charge in [0.15, 0.2) is 6.61 Å². The van der Waals surface area contributed by atoms with Crippen LogP contribution in [0.2, 0.25) is 0 Å². The smallest absolute Gasteiger partial charge is 0.262 e. The summed E-state index contributed by atoms with van der Waals surface area (Å²) in [6.07, 6.45) is 3.65. The molecule has 1 aromatic heterocycles. The van der Waals surface area contributed by atoms with E-state index in [1.165, 1.54) is 0 Å². The fourth-order valence-corrected chi connectivity index (χ4v) is 3.03. The first-order chi connectivity index (χ1) is 16.6. The molecule has 0 aliphatic carbocycles. The van der Waals surface area contributed by atoms with Crippen LogP contribution in [0.1, 0.15) is 35.7 Å². The molecule has 8 nitrogen and oxygen atoms in total. The summed E-state index contributed by atoms with van der Waals surface area (Å²) >= 11 is 0. The number of carbonyl (C=O) groups excluding carboxylic acids is 2. The Balaban J connectivity index is 1.47. The van der Waals surface area contributed by atoms with E-state index in [4.69, 9.17) is 14.2 Å². The molecule has 178 valence electrons. The zero-order chi connectivity index (χ0) is 24.2. The van der Waals surface area contributed by atoms with Crippen LogP contribution in [-0.2, 0) is 11.3 Å². The van der Waals surface area contributed by atoms with Crippen molar-refractivity contribution in [2.45, 2.75) is 26.3 Å². The summed E-state index contributed by atoms with van der Waals surface area (Å²) in [5.41, 5.74) is 1.91. The Morgan fingerprint density at radius 2 is 1.79 bits per heavy atom. The third-order valence-electron chi connectivity index (χ3n) is 4.87. The molecule has 2 N–H and O–H groups in total. The van der Waals surface area contributed by atoms with E-state index in [0.717, 1.165) is 18.4 Å². The van der Waals surface area contributed by atoms with Gasteiger partial charge in [-0.2, -0.15) is 0 Å². The Hall–Kier alpha value is -4.07. The number of unbranched alkanes of at least 4 members (excludes halogenated alkanes) is 1. The van der Waals surface area contributed by atoms with Gasteiger partial charge in [0, 0.05) is 35.6 Å². The highest BCUT2D eigenvalue weighted by molar-refractivity contribution is 5.94. The van der Waals surface area contributed by atoms with E-state index in [2.05, 4.69) is 22.5 Å². The molecule has 3 rings (SSSR count). The molecule has 0 fully saturated rings. The Kier molecular flexibility index (Phi) is 9.28. The predicted molar refractivity (Wildman–Crippen MR) is 129 cm³/mol. The number of rotatable bonds is 12. The number of hydrogen-bond acceptors (Lipinski definition) is 6. The molecule has 0 spiro atoms. The normalized spacial score (nSPS) is 10.3. The lowest BCUT2D eigenvalue weighted by molar-refractivity contribution is -0.118. The molecule has 3 aromatic rings. The second kappa shape index (κ2) is 12.8. The number of methoxy groups -OCH3 is 1. The molecule has 0 bridgehead atoms. The van der Waals surface area contributed by atoms with Crippen molar-refractivity contribution in [3.8, 4) is 17.4 Å². The van der Waals surface area contributed by atoms with Crippen LogP contribution in [-0.4, -0.2) is 37.1 Å². The number of pyridine rings is 1. The SMILES string of the molecule is CCCCOc1ncccc1CNC(=O)c1ccc(OCC(=O)Nc2cccc(OC)c2)cc1. The molecule has 2 aromatic carbocycles. The van der Waals surface area contributed by atoms with Crippen molar-refractivity contribution < 1.29 is 23.8 Å². The lowest BCUT2D eigenvalue weighted by Gasteiger charge is -2.11. The van der Waals surface area contributed by atoms with Crippen molar-refractivity contribution in [1.82, 2.24) is 10.3 Å². The number of nitrogens with one attached hydrogen (secondary N) is 2. The molecule has 0 radical (unpaired) electrons. The molecule has 0 aliphatic rings. The Bertz CT molecular complexity index is 1090. The first kappa shape index (κ1) is 24.6. The highest BCUT2D eigenvalue weighted by Crippen LogP contribution is 2.18. The summed E-state index contributed by atoms with van der Waals surface area (Å²) in [6.45, 7) is 2.82. The average molecular weight is 464 g/mol. The molecule has 1 heterocycles. The molecule has 2 amide bonds. The number of benzene rings is 2. The average Bonchev–Trinajstić information content (AvgIpc) is 2.87. The Morgan fingerprint density at radius 3 is 2.56 bits per heavy atom. The van der Waals surface area contributed by atoms with Crippen molar-refractivity contribution in [2.75, 3.05) is 25.6 Å². The van der Waals surface area contributed by atoms with Crippen LogP contribution in [0.5, 0.6) is 17.4 Å². The van der Waals surface area contributed by atoms with Gasteiger partial charge in [-0.1, -0.05) is 25.5 Å². The fraction of sp³-hybridized carbons (Fsp3) is 0.269. The topological polar surface area (TPSA) is 98.8 Å². The Labute approximate surface area is 199 Å². The highest BCUT2D eigenvalue weighted by atomic mass is 16.5. The quantitative estimate of drug-likeness (QED) is 0.390. The summed E-state index contributed by atoms with van der Waals surface area (Å²) in [5.74, 6) is 1.13. The lowest BCUT2D eigenvalue weighted by Crippen LogP contribution is -2.23. The number of hydrogen-bond donors (Lipinski definition) is 2. The summed E-state index contributed by atoms with van der Waals surface area (Å²) in [5, 5.41) is 5.62. The van der Waals surface area contributed by atoms with Gasteiger partial charge >= 0.3 is 0 Å². The minimum atomic E-state index is -0.302. The summed E-state index contributed by atoms with van der Waals surface area (Å²) in [4.78, 5) is 28.9. The van der Waals surface area contributed by atoms with Crippen LogP contribution in [0.3, 0.4) is 0 Å². The van der Waals surface area contributed by atoms with Crippen LogP contribution in [0.25, 0.3) is 0 Å². The van der Waals surface area contributed by atoms with Crippen molar-refractivity contribution in [2.24, 2.45) is 0 Å². The van der Waals surface area contributed by atoms with E-state index in [0.29, 0.717) is 41.8 Å². The van der Waals surface area contributed by atoms with Gasteiger partial charge in [-0.3, -0.25) is 9.59 Å². The predicted octanol–water partition coefficient (Wildman–Crippen LogP) is 4.22. The van der Waals surface area contributed by atoms with Crippen LogP contribution >= 0.6 is 0 Å². The van der Waals surface area contributed by atoms with E-state index in [1.807, 2.05) is 12.1 Å². The zero-order valence-electron chi connectivity index (χ0n) is 19.4. The van der Waals surface area contributed by atoms with E-state index in [1.54, 1.807) is 61.8 Å². The number of ether oxygens (including phenoxy) is 3. The van der Waals surface area contributed by atoms with Gasteiger partial charge in [0.1, 0.15) is 11.5 Å². The number of amides is 2. The Morgan fingerprint density at radius 1 is 0.971 bits per heavy atom. The van der Waals surface area contributed by atoms with E-state index in [9.17, 15) is 9.59 Å². The van der Waals surface area contributed by atoms with Crippen LogP contribution < -0.4 is 24.8 Å². The molecular formula is C26H29N3O5. The van der Waals surface area contributed by atoms with Gasteiger partial charge in [-0.25, -0.2) is 4.98 Å². The molecule has 8 heteroatoms. The molecular weight excluding hydrogens is 434 g/mol. The van der Waals surface area contributed by atoms with Gasteiger partial charge in [0.25, 0.3) is 11.8 Å². The van der Waals surface area contributed by atoms with Gasteiger partial charge in [0.05, 0.1) is 13.7 Å². The van der Waals surface area contributed by atoms with Gasteiger partial charge in [-0.05, 0) is 48.9 Å². The zero-order valence-corrected chi connectivity index (χ0v) is 19.4. The van der Waals surface area contributed by atoms with Crippen LogP contribution in [0.4, 0.5) is 5.69 Å². The maximum absolute atomic E-state index is 12.5. The maximum atomic E-state index is 12.5. The van der Waals surface area contributed by atoms with Crippen molar-refractivity contribution >= 4 is 17.5 Å². The minimum absolute atomic E-state index is 0.162. The molecule has 0 saturated heterocycles. The molecule has 0 unspecified atom stereocenters. The first-order valence-corrected chi connectivity index (χ1v) is 11.1. The van der Waals surface area contributed by atoms with Crippen LogP contribution in [0.15, 0.2) is 66.9 Å². The van der Waals surface area contributed by atoms with Crippen molar-refractivity contribution in [3.05, 3.63) is 78.0 Å². The van der Waals surface area contributed by atoms with Crippen LogP contribution in [0, 0.1) is 0 Å². The molecule has 0 saturated carbocycles. The minimum Gasteiger partial charge on any atom is -0.497 e. The van der Waals surface area contributed by atoms with E-state index < -0.39 is 0 Å². The number of anilines is 1. The van der Waals surface area contributed by atoms with Gasteiger partial charge < -0.3 is 24.8 Å². The third kappa shape index (κ3) is 7.51. The largest absolute Gasteiger partial charge is 0.497 e. The third-order valence-corrected chi connectivity index (χ3v) is 4.87. The standard InChI is InChI=1S/C26H29N3O5/c1-3-4-15-33-26-20(7-6-14-27-26)17-28-25(31)19-10-12-22(13-11-19)34-18-24(30)29-21-8-5-9-23(16-21)32-2/h5-14,16H,3-4,15,17-18H2,1-2H3,(H,28,31)(H,29,30). The second-order valence-electron chi connectivity index (χ2n) is 7.45. The second-order valence-corrected chi connectivity index (χ2v) is 7.45. The maximum Gasteiger partial charge on any atom is 0.262 e. The van der Waals surface area contributed by atoms with Crippen molar-refractivity contribution in [3.63, 3.8) is 0 Å². The summed E-state index contributed by atoms with van der Waals surface area (Å²) in [6, 6.07) is 17.3. The summed E-state index contributed by atoms with van der Waals surface area (Å²) in [7, 11) is 1.56. The number of aromatic nitrogens is 1. The van der Waals surface area contributed by atoms with E-state index >= 15 is 0 Å². The molecule has 0 aliphatic heterocycles. The lowest BCUT2D eigenvalue weighted by atomic mass is 10.2. The van der Waals surface area contributed by atoms with Gasteiger partial charge in [-0.15, -0.1) is 0 Å². The van der Waals surface area contributed by atoms with Gasteiger partial charge in [0.2, 0.25) is 5.88 Å². The summed E-state index contributed by atoms with van der Waals surface area (Å²) < 4.78 is 16.4. The molecule has 0 atom stereocenters. The number of nitrogens with zero attached hydrogens (tertiary/aromatic N) is 1. The highest BCUT2D eigenvalue weighted by Gasteiger charge is 2.10. The first-order valence-electron chi connectivity index (χ1n) is 11.1. The number of carbonyl (C=O) groups is 2.